The summed E-state index contributed by atoms with van der Waals surface area (Å²) in [6, 6.07) is 11.3. The molecule has 1 saturated carbocycles. The van der Waals surface area contributed by atoms with E-state index >= 15 is 0 Å². The Hall–Kier alpha value is -2.89. The standard InChI is InChI=1S/C29H37N3O3/c1-20-11-12-25(29(34)32-18-13-21-7-3-4-8-23(21)19-32)27(30-20)22-14-16-31(17-15-22)28(33)24-9-5-6-10-26(24)35-2/h5-6,9-12,21-23H,3-4,7-8,13-19H2,1-2H3. The number of aryl methyl sites for hydroxylation is 1. The van der Waals surface area contributed by atoms with E-state index in [4.69, 9.17) is 9.72 Å². The number of methoxy groups -OCH3 is 1. The van der Waals surface area contributed by atoms with Crippen LogP contribution in [0.3, 0.4) is 0 Å². The van der Waals surface area contributed by atoms with Crippen molar-refractivity contribution in [3.63, 3.8) is 0 Å². The van der Waals surface area contributed by atoms with Crippen molar-refractivity contribution < 1.29 is 14.3 Å². The van der Waals surface area contributed by atoms with Crippen molar-refractivity contribution in [1.29, 1.82) is 0 Å². The summed E-state index contributed by atoms with van der Waals surface area (Å²) in [6.07, 6.45) is 7.98. The van der Waals surface area contributed by atoms with Crippen LogP contribution in [0.25, 0.3) is 0 Å². The van der Waals surface area contributed by atoms with Crippen LogP contribution < -0.4 is 4.74 Å². The van der Waals surface area contributed by atoms with Crippen molar-refractivity contribution in [1.82, 2.24) is 14.8 Å². The van der Waals surface area contributed by atoms with Crippen molar-refractivity contribution in [2.24, 2.45) is 11.8 Å². The number of carbonyl (C=O) groups is 2. The molecule has 3 aliphatic rings. The van der Waals surface area contributed by atoms with Gasteiger partial charge in [-0.1, -0.05) is 31.4 Å². The Kier molecular flexibility index (Phi) is 7.07. The number of carbonyl (C=O) groups excluding carboxylic acids is 2. The Balaban J connectivity index is 1.29. The lowest BCUT2D eigenvalue weighted by atomic mass is 9.75. The number of ether oxygens (including phenoxy) is 1. The van der Waals surface area contributed by atoms with Gasteiger partial charge in [0.1, 0.15) is 5.75 Å². The van der Waals surface area contributed by atoms with Gasteiger partial charge in [0.05, 0.1) is 23.9 Å². The van der Waals surface area contributed by atoms with E-state index in [-0.39, 0.29) is 17.7 Å². The topological polar surface area (TPSA) is 62.7 Å². The molecule has 2 unspecified atom stereocenters. The summed E-state index contributed by atoms with van der Waals surface area (Å²) in [6.45, 7) is 5.05. The first-order chi connectivity index (χ1) is 17.0. The van der Waals surface area contributed by atoms with Crippen LogP contribution in [0.4, 0.5) is 0 Å². The molecular formula is C29H37N3O3. The molecule has 5 rings (SSSR count). The normalized spacial score (nSPS) is 23.0. The van der Waals surface area contributed by atoms with Gasteiger partial charge in [-0.05, 0) is 68.7 Å². The third kappa shape index (κ3) is 4.93. The van der Waals surface area contributed by atoms with Crippen molar-refractivity contribution >= 4 is 11.8 Å². The maximum Gasteiger partial charge on any atom is 0.257 e. The monoisotopic (exact) mass is 475 g/mol. The van der Waals surface area contributed by atoms with Crippen molar-refractivity contribution in [3.05, 3.63) is 58.9 Å². The minimum atomic E-state index is 0.00440. The Morgan fingerprint density at radius 1 is 0.829 bits per heavy atom. The molecule has 0 bridgehead atoms. The molecular weight excluding hydrogens is 438 g/mol. The second kappa shape index (κ2) is 10.4. The fourth-order valence-corrected chi connectivity index (χ4v) is 6.37. The highest BCUT2D eigenvalue weighted by molar-refractivity contribution is 5.97. The van der Waals surface area contributed by atoms with Crippen LogP contribution in [0.5, 0.6) is 5.75 Å². The summed E-state index contributed by atoms with van der Waals surface area (Å²) < 4.78 is 5.39. The highest BCUT2D eigenvalue weighted by Crippen LogP contribution is 2.37. The second-order valence-electron chi connectivity index (χ2n) is 10.5. The highest BCUT2D eigenvalue weighted by atomic mass is 16.5. The summed E-state index contributed by atoms with van der Waals surface area (Å²) >= 11 is 0. The fourth-order valence-electron chi connectivity index (χ4n) is 6.37. The first-order valence-electron chi connectivity index (χ1n) is 13.2. The number of piperidine rings is 2. The largest absolute Gasteiger partial charge is 0.496 e. The number of likely N-dealkylation sites (tertiary alicyclic amines) is 2. The van der Waals surface area contributed by atoms with Gasteiger partial charge in [0.25, 0.3) is 11.8 Å². The number of pyridine rings is 1. The molecule has 1 aliphatic carbocycles. The van der Waals surface area contributed by atoms with Crippen LogP contribution in [0.1, 0.15) is 83.0 Å². The van der Waals surface area contributed by atoms with Gasteiger partial charge >= 0.3 is 0 Å². The first kappa shape index (κ1) is 23.8. The second-order valence-corrected chi connectivity index (χ2v) is 10.5. The molecule has 6 heteroatoms. The zero-order valence-electron chi connectivity index (χ0n) is 21.0. The number of aromatic nitrogens is 1. The van der Waals surface area contributed by atoms with Crippen LogP contribution in [0.2, 0.25) is 0 Å². The van der Waals surface area contributed by atoms with Gasteiger partial charge < -0.3 is 14.5 Å². The maximum atomic E-state index is 13.7. The molecule has 0 N–H and O–H groups in total. The van der Waals surface area contributed by atoms with Gasteiger partial charge in [0.2, 0.25) is 0 Å². The van der Waals surface area contributed by atoms with E-state index in [1.807, 2.05) is 48.2 Å². The van der Waals surface area contributed by atoms with Crippen molar-refractivity contribution in [3.8, 4) is 5.75 Å². The third-order valence-corrected chi connectivity index (χ3v) is 8.38. The minimum absolute atomic E-state index is 0.00440. The lowest BCUT2D eigenvalue weighted by molar-refractivity contribution is 0.0516. The predicted octanol–water partition coefficient (Wildman–Crippen LogP) is 5.07. The Labute approximate surface area is 208 Å². The summed E-state index contributed by atoms with van der Waals surface area (Å²) in [7, 11) is 1.59. The molecule has 186 valence electrons. The molecule has 2 aromatic rings. The summed E-state index contributed by atoms with van der Waals surface area (Å²) in [5.74, 6) is 2.40. The molecule has 0 radical (unpaired) electrons. The molecule has 3 heterocycles. The third-order valence-electron chi connectivity index (χ3n) is 8.38. The highest BCUT2D eigenvalue weighted by Gasteiger charge is 2.35. The molecule has 2 atom stereocenters. The predicted molar refractivity (Wildman–Crippen MR) is 136 cm³/mol. The summed E-state index contributed by atoms with van der Waals surface area (Å²) in [5.41, 5.74) is 3.23. The number of hydrogen-bond donors (Lipinski definition) is 0. The summed E-state index contributed by atoms with van der Waals surface area (Å²) in [5, 5.41) is 0. The zero-order valence-corrected chi connectivity index (χ0v) is 21.0. The van der Waals surface area contributed by atoms with E-state index in [0.717, 1.165) is 55.2 Å². The Morgan fingerprint density at radius 3 is 2.29 bits per heavy atom. The average Bonchev–Trinajstić information content (AvgIpc) is 2.92. The molecule has 1 aromatic carbocycles. The van der Waals surface area contributed by atoms with Gasteiger partial charge in [0, 0.05) is 37.8 Å². The molecule has 1 aromatic heterocycles. The van der Waals surface area contributed by atoms with Crippen LogP contribution in [-0.2, 0) is 0 Å². The maximum absolute atomic E-state index is 13.7. The zero-order chi connectivity index (χ0) is 24.4. The average molecular weight is 476 g/mol. The number of amides is 2. The quantitative estimate of drug-likeness (QED) is 0.619. The molecule has 2 aliphatic heterocycles. The van der Waals surface area contributed by atoms with E-state index in [1.165, 1.54) is 25.7 Å². The molecule has 6 nitrogen and oxygen atoms in total. The number of nitrogens with zero attached hydrogens (tertiary/aromatic N) is 3. The van der Waals surface area contributed by atoms with E-state index < -0.39 is 0 Å². The number of rotatable bonds is 4. The molecule has 0 spiro atoms. The SMILES string of the molecule is COc1ccccc1C(=O)N1CCC(c2nc(C)ccc2C(=O)N2CCC3CCCCC3C2)CC1. The van der Waals surface area contributed by atoms with E-state index in [9.17, 15) is 9.59 Å². The van der Waals surface area contributed by atoms with Gasteiger partial charge in [-0.25, -0.2) is 0 Å². The van der Waals surface area contributed by atoms with Gasteiger partial charge in [0.15, 0.2) is 0 Å². The molecule has 2 saturated heterocycles. The van der Waals surface area contributed by atoms with Crippen molar-refractivity contribution in [2.45, 2.75) is 57.8 Å². The number of para-hydroxylation sites is 1. The van der Waals surface area contributed by atoms with E-state index in [2.05, 4.69) is 4.90 Å². The lowest BCUT2D eigenvalue weighted by Gasteiger charge is -2.41. The van der Waals surface area contributed by atoms with E-state index in [1.54, 1.807) is 7.11 Å². The van der Waals surface area contributed by atoms with Gasteiger partial charge in [-0.15, -0.1) is 0 Å². The Bertz CT molecular complexity index is 1080. The van der Waals surface area contributed by atoms with Crippen LogP contribution >= 0.6 is 0 Å². The Morgan fingerprint density at radius 2 is 1.51 bits per heavy atom. The fraction of sp³-hybridized carbons (Fsp3) is 0.552. The van der Waals surface area contributed by atoms with E-state index in [0.29, 0.717) is 30.3 Å². The van der Waals surface area contributed by atoms with Crippen molar-refractivity contribution in [2.75, 3.05) is 33.3 Å². The first-order valence-corrected chi connectivity index (χ1v) is 13.2. The number of fused-ring (bicyclic) bond motifs is 1. The van der Waals surface area contributed by atoms with Crippen LogP contribution in [-0.4, -0.2) is 59.9 Å². The number of hydrogen-bond acceptors (Lipinski definition) is 4. The minimum Gasteiger partial charge on any atom is -0.496 e. The number of benzene rings is 1. The molecule has 3 fully saturated rings. The smallest absolute Gasteiger partial charge is 0.257 e. The lowest BCUT2D eigenvalue weighted by Crippen LogP contribution is -2.45. The van der Waals surface area contributed by atoms with Crippen LogP contribution in [0.15, 0.2) is 36.4 Å². The molecule has 35 heavy (non-hydrogen) atoms. The van der Waals surface area contributed by atoms with Gasteiger partial charge in [-0.2, -0.15) is 0 Å². The summed E-state index contributed by atoms with van der Waals surface area (Å²) in [4.78, 5) is 35.7. The molecule has 2 amide bonds. The van der Waals surface area contributed by atoms with Crippen LogP contribution in [0, 0.1) is 18.8 Å². The van der Waals surface area contributed by atoms with Gasteiger partial charge in [-0.3, -0.25) is 14.6 Å².